The summed E-state index contributed by atoms with van der Waals surface area (Å²) in [6.07, 6.45) is 5.22. The van der Waals surface area contributed by atoms with Crippen molar-refractivity contribution in [2.24, 2.45) is 4.99 Å². The maximum atomic E-state index is 9.53. The van der Waals surface area contributed by atoms with Crippen molar-refractivity contribution in [2.75, 3.05) is 7.05 Å². The van der Waals surface area contributed by atoms with Gasteiger partial charge in [-0.25, -0.2) is 0 Å². The predicted octanol–water partition coefficient (Wildman–Crippen LogP) is 0.442. The third-order valence-corrected chi connectivity index (χ3v) is 0.425. The van der Waals surface area contributed by atoms with E-state index >= 15 is 0 Å². The second kappa shape index (κ2) is 5.08. The number of carbonyl (C=O) groups is 1. The van der Waals surface area contributed by atoms with Crippen LogP contribution in [0.3, 0.4) is 0 Å². The van der Waals surface area contributed by atoms with E-state index in [0.29, 0.717) is 6.29 Å². The Morgan fingerprint density at radius 1 is 1.43 bits per heavy atom. The van der Waals surface area contributed by atoms with E-state index in [4.69, 9.17) is 0 Å². The Morgan fingerprint density at radius 3 is 2.57 bits per heavy atom. The Balaban J connectivity index is 3.27. The maximum absolute atomic E-state index is 9.53. The van der Waals surface area contributed by atoms with E-state index in [1.54, 1.807) is 19.3 Å². The standard InChI is InChI=1S/C5H7NO/c1-6-4-2-3-5-7/h2-5H,1H3. The summed E-state index contributed by atoms with van der Waals surface area (Å²) in [5.74, 6) is 0. The minimum Gasteiger partial charge on any atom is -0.299 e. The lowest BCUT2D eigenvalue weighted by Crippen LogP contribution is -1.62. The molecule has 0 saturated heterocycles. The molecule has 0 aliphatic carbocycles. The van der Waals surface area contributed by atoms with Gasteiger partial charge in [-0.2, -0.15) is 0 Å². The summed E-state index contributed by atoms with van der Waals surface area (Å²) >= 11 is 0. The van der Waals surface area contributed by atoms with Gasteiger partial charge in [-0.1, -0.05) is 0 Å². The second-order valence-corrected chi connectivity index (χ2v) is 0.928. The van der Waals surface area contributed by atoms with Crippen LogP contribution < -0.4 is 0 Å². The third-order valence-electron chi connectivity index (χ3n) is 0.425. The molecule has 0 heterocycles. The van der Waals surface area contributed by atoms with Crippen LogP contribution in [0.1, 0.15) is 0 Å². The SMILES string of the molecule is CN=CC=CC=O. The molecule has 0 aromatic carbocycles. The van der Waals surface area contributed by atoms with Gasteiger partial charge in [0.05, 0.1) is 0 Å². The average Bonchev–Trinajstić information content (AvgIpc) is 1.69. The number of hydrogen-bond acceptors (Lipinski definition) is 2. The first kappa shape index (κ1) is 6.08. The Hall–Kier alpha value is -0.920. The molecule has 0 spiro atoms. The van der Waals surface area contributed by atoms with Crippen molar-refractivity contribution in [1.82, 2.24) is 0 Å². The predicted molar refractivity (Wildman–Crippen MR) is 29.6 cm³/mol. The highest BCUT2D eigenvalue weighted by molar-refractivity contribution is 5.78. The molecule has 0 amide bonds. The van der Waals surface area contributed by atoms with Gasteiger partial charge in [0.1, 0.15) is 6.29 Å². The molecule has 0 aromatic rings. The fourth-order valence-electron chi connectivity index (χ4n) is 0.181. The van der Waals surface area contributed by atoms with E-state index in [1.165, 1.54) is 6.08 Å². The molecule has 0 aliphatic rings. The number of hydrogen-bond donors (Lipinski definition) is 0. The van der Waals surface area contributed by atoms with Gasteiger partial charge in [0, 0.05) is 13.3 Å². The van der Waals surface area contributed by atoms with Crippen molar-refractivity contribution < 1.29 is 4.79 Å². The van der Waals surface area contributed by atoms with Gasteiger partial charge in [-0.3, -0.25) is 9.79 Å². The number of aldehydes is 1. The highest BCUT2D eigenvalue weighted by atomic mass is 16.1. The molecule has 2 heteroatoms. The van der Waals surface area contributed by atoms with Crippen LogP contribution in [-0.4, -0.2) is 19.5 Å². The molecule has 0 atom stereocenters. The first-order chi connectivity index (χ1) is 3.41. The molecule has 0 aliphatic heterocycles. The van der Waals surface area contributed by atoms with Crippen LogP contribution in [0.4, 0.5) is 0 Å². The van der Waals surface area contributed by atoms with E-state index in [2.05, 4.69) is 4.99 Å². The smallest absolute Gasteiger partial charge is 0.142 e. The number of carbonyl (C=O) groups excluding carboxylic acids is 1. The first-order valence-corrected chi connectivity index (χ1v) is 1.94. The monoisotopic (exact) mass is 97.1 g/mol. The number of aliphatic imine (C=N–C) groups is 1. The van der Waals surface area contributed by atoms with E-state index in [-0.39, 0.29) is 0 Å². The largest absolute Gasteiger partial charge is 0.299 e. The van der Waals surface area contributed by atoms with E-state index in [9.17, 15) is 4.79 Å². The maximum Gasteiger partial charge on any atom is 0.142 e. The Bertz CT molecular complexity index is 94.3. The van der Waals surface area contributed by atoms with Crippen molar-refractivity contribution in [1.29, 1.82) is 0 Å². The van der Waals surface area contributed by atoms with Crippen molar-refractivity contribution >= 4 is 12.5 Å². The number of nitrogens with zero attached hydrogens (tertiary/aromatic N) is 1. The summed E-state index contributed by atoms with van der Waals surface area (Å²) in [7, 11) is 1.65. The average molecular weight is 97.1 g/mol. The zero-order valence-electron chi connectivity index (χ0n) is 4.16. The molecule has 0 aromatic heterocycles. The molecule has 38 valence electrons. The zero-order chi connectivity index (χ0) is 5.54. The summed E-state index contributed by atoms with van der Waals surface area (Å²) in [6.45, 7) is 0. The summed E-state index contributed by atoms with van der Waals surface area (Å²) in [5.41, 5.74) is 0. The Kier molecular flexibility index (Phi) is 4.41. The van der Waals surface area contributed by atoms with Gasteiger partial charge < -0.3 is 0 Å². The first-order valence-electron chi connectivity index (χ1n) is 1.94. The molecule has 0 N–H and O–H groups in total. The molecule has 0 rings (SSSR count). The third kappa shape index (κ3) is 5.08. The molecule has 7 heavy (non-hydrogen) atoms. The molecule has 2 nitrogen and oxygen atoms in total. The molecular formula is C5H7NO. The number of allylic oxidation sites excluding steroid dienone is 2. The molecule has 0 fully saturated rings. The molecule has 0 unspecified atom stereocenters. The highest BCUT2D eigenvalue weighted by Gasteiger charge is 1.56. The Labute approximate surface area is 42.6 Å². The van der Waals surface area contributed by atoms with Gasteiger partial charge in [0.2, 0.25) is 0 Å². The van der Waals surface area contributed by atoms with Crippen molar-refractivity contribution in [3.05, 3.63) is 12.2 Å². The van der Waals surface area contributed by atoms with E-state index in [0.717, 1.165) is 0 Å². The minimum atomic E-state index is 0.710. The van der Waals surface area contributed by atoms with Gasteiger partial charge in [0.25, 0.3) is 0 Å². The summed E-state index contributed by atoms with van der Waals surface area (Å²) < 4.78 is 0. The Morgan fingerprint density at radius 2 is 2.14 bits per heavy atom. The van der Waals surface area contributed by atoms with Crippen LogP contribution in [0, 0.1) is 0 Å². The molecule has 0 saturated carbocycles. The van der Waals surface area contributed by atoms with E-state index in [1.807, 2.05) is 0 Å². The summed E-state index contributed by atoms with van der Waals surface area (Å²) in [5, 5.41) is 0. The van der Waals surface area contributed by atoms with Crippen molar-refractivity contribution in [3.63, 3.8) is 0 Å². The number of rotatable bonds is 2. The zero-order valence-corrected chi connectivity index (χ0v) is 4.16. The lowest BCUT2D eigenvalue weighted by atomic mass is 10.5. The van der Waals surface area contributed by atoms with Crippen molar-refractivity contribution in [2.45, 2.75) is 0 Å². The molecular weight excluding hydrogens is 90.1 g/mol. The van der Waals surface area contributed by atoms with Crippen molar-refractivity contribution in [3.8, 4) is 0 Å². The van der Waals surface area contributed by atoms with Crippen LogP contribution in [0.5, 0.6) is 0 Å². The quantitative estimate of drug-likeness (QED) is 0.279. The van der Waals surface area contributed by atoms with Crippen LogP contribution in [0.25, 0.3) is 0 Å². The van der Waals surface area contributed by atoms with Crippen LogP contribution >= 0.6 is 0 Å². The summed E-state index contributed by atoms with van der Waals surface area (Å²) in [6, 6.07) is 0. The van der Waals surface area contributed by atoms with Crippen LogP contribution in [0.15, 0.2) is 17.1 Å². The van der Waals surface area contributed by atoms with Gasteiger partial charge >= 0.3 is 0 Å². The second-order valence-electron chi connectivity index (χ2n) is 0.928. The fourth-order valence-corrected chi connectivity index (χ4v) is 0.181. The van der Waals surface area contributed by atoms with Gasteiger partial charge in [-0.05, 0) is 12.2 Å². The van der Waals surface area contributed by atoms with Crippen LogP contribution in [-0.2, 0) is 4.79 Å². The molecule has 0 bridgehead atoms. The van der Waals surface area contributed by atoms with Crippen LogP contribution in [0.2, 0.25) is 0 Å². The van der Waals surface area contributed by atoms with Gasteiger partial charge in [-0.15, -0.1) is 0 Å². The van der Waals surface area contributed by atoms with Gasteiger partial charge in [0.15, 0.2) is 0 Å². The summed E-state index contributed by atoms with van der Waals surface area (Å²) in [4.78, 5) is 13.1. The lowest BCUT2D eigenvalue weighted by Gasteiger charge is -1.63. The lowest BCUT2D eigenvalue weighted by molar-refractivity contribution is -0.104. The van der Waals surface area contributed by atoms with E-state index < -0.39 is 0 Å². The fraction of sp³-hybridized carbons (Fsp3) is 0.200. The highest BCUT2D eigenvalue weighted by Crippen LogP contribution is 1.58. The topological polar surface area (TPSA) is 29.4 Å². The normalized spacial score (nSPS) is 11.0. The molecule has 0 radical (unpaired) electrons. The minimum absolute atomic E-state index is 0.710.